The smallest absolute Gasteiger partial charge is 0.0578 e. The van der Waals surface area contributed by atoms with Gasteiger partial charge < -0.3 is 5.32 Å². The molecule has 2 nitrogen and oxygen atoms in total. The van der Waals surface area contributed by atoms with Crippen LogP contribution in [0.2, 0.25) is 0 Å². The van der Waals surface area contributed by atoms with Crippen molar-refractivity contribution >= 4 is 0 Å². The maximum absolute atomic E-state index is 4.27. The van der Waals surface area contributed by atoms with Gasteiger partial charge in [-0.3, -0.25) is 4.98 Å². The van der Waals surface area contributed by atoms with Gasteiger partial charge >= 0.3 is 0 Å². The van der Waals surface area contributed by atoms with Gasteiger partial charge in [-0.15, -0.1) is 0 Å². The van der Waals surface area contributed by atoms with Gasteiger partial charge in [0.25, 0.3) is 0 Å². The van der Waals surface area contributed by atoms with E-state index < -0.39 is 0 Å². The van der Waals surface area contributed by atoms with Gasteiger partial charge in [0.05, 0.1) is 6.04 Å². The fraction of sp³-hybridized carbons (Fsp3) is 0.421. The number of nitrogens with one attached hydrogen (secondary N) is 1. The van der Waals surface area contributed by atoms with E-state index in [-0.39, 0.29) is 6.04 Å². The van der Waals surface area contributed by atoms with E-state index >= 15 is 0 Å². The van der Waals surface area contributed by atoms with Crippen molar-refractivity contribution in [1.29, 1.82) is 0 Å². The molecule has 1 aromatic carbocycles. The highest BCUT2D eigenvalue weighted by molar-refractivity contribution is 5.38. The van der Waals surface area contributed by atoms with Crippen LogP contribution in [0.1, 0.15) is 60.4 Å². The van der Waals surface area contributed by atoms with Crippen LogP contribution in [0.3, 0.4) is 0 Å². The fourth-order valence-electron chi connectivity index (χ4n) is 3.25. The van der Waals surface area contributed by atoms with Crippen molar-refractivity contribution in [2.75, 3.05) is 7.05 Å². The third-order valence-corrected chi connectivity index (χ3v) is 4.74. The summed E-state index contributed by atoms with van der Waals surface area (Å²) in [6.45, 7) is 2.19. The zero-order chi connectivity index (χ0) is 14.7. The van der Waals surface area contributed by atoms with Crippen molar-refractivity contribution in [1.82, 2.24) is 10.3 Å². The minimum Gasteiger partial charge on any atom is -0.309 e. The average Bonchev–Trinajstić information content (AvgIpc) is 2.47. The van der Waals surface area contributed by atoms with Gasteiger partial charge in [0.2, 0.25) is 0 Å². The normalized spacial score (nSPS) is 16.5. The SMILES string of the molecule is CCc1cnccc1C(NC)c1cccc(C2CCC2)c1. The van der Waals surface area contributed by atoms with E-state index in [1.54, 1.807) is 0 Å². The van der Waals surface area contributed by atoms with Gasteiger partial charge in [-0.2, -0.15) is 0 Å². The number of aryl methyl sites for hydroxylation is 1. The van der Waals surface area contributed by atoms with Crippen LogP contribution in [-0.2, 0) is 6.42 Å². The van der Waals surface area contributed by atoms with Gasteiger partial charge in [-0.1, -0.05) is 37.6 Å². The van der Waals surface area contributed by atoms with Crippen molar-refractivity contribution < 1.29 is 0 Å². The summed E-state index contributed by atoms with van der Waals surface area (Å²) in [5.41, 5.74) is 5.54. The van der Waals surface area contributed by atoms with Crippen LogP contribution in [0.5, 0.6) is 0 Å². The number of rotatable bonds is 5. The zero-order valence-electron chi connectivity index (χ0n) is 13.0. The Morgan fingerprint density at radius 3 is 2.81 bits per heavy atom. The summed E-state index contributed by atoms with van der Waals surface area (Å²) in [6, 6.07) is 11.5. The summed E-state index contributed by atoms with van der Waals surface area (Å²) in [5, 5.41) is 3.48. The highest BCUT2D eigenvalue weighted by atomic mass is 14.9. The van der Waals surface area contributed by atoms with E-state index in [1.807, 2.05) is 19.4 Å². The average molecular weight is 280 g/mol. The van der Waals surface area contributed by atoms with Crippen LogP contribution in [0.25, 0.3) is 0 Å². The van der Waals surface area contributed by atoms with Crippen LogP contribution in [0, 0.1) is 0 Å². The topological polar surface area (TPSA) is 24.9 Å². The first-order valence-corrected chi connectivity index (χ1v) is 8.03. The molecule has 21 heavy (non-hydrogen) atoms. The minimum absolute atomic E-state index is 0.253. The summed E-state index contributed by atoms with van der Waals surface area (Å²) < 4.78 is 0. The van der Waals surface area contributed by atoms with Crippen LogP contribution < -0.4 is 5.32 Å². The van der Waals surface area contributed by atoms with E-state index in [4.69, 9.17) is 0 Å². The molecular weight excluding hydrogens is 256 g/mol. The Hall–Kier alpha value is -1.67. The van der Waals surface area contributed by atoms with E-state index in [2.05, 4.69) is 47.6 Å². The second kappa shape index (κ2) is 6.40. The second-order valence-corrected chi connectivity index (χ2v) is 5.95. The van der Waals surface area contributed by atoms with Crippen molar-refractivity contribution in [3.05, 3.63) is 65.0 Å². The number of benzene rings is 1. The predicted molar refractivity (Wildman–Crippen MR) is 87.6 cm³/mol. The van der Waals surface area contributed by atoms with Gasteiger partial charge in [0.15, 0.2) is 0 Å². The van der Waals surface area contributed by atoms with Crippen LogP contribution in [-0.4, -0.2) is 12.0 Å². The highest BCUT2D eigenvalue weighted by Crippen LogP contribution is 2.37. The number of hydrogen-bond acceptors (Lipinski definition) is 2. The number of nitrogens with zero attached hydrogens (tertiary/aromatic N) is 1. The molecule has 1 fully saturated rings. The number of aromatic nitrogens is 1. The third kappa shape index (κ3) is 2.86. The Kier molecular flexibility index (Phi) is 4.35. The molecule has 0 aliphatic heterocycles. The summed E-state index contributed by atoms with van der Waals surface area (Å²) in [4.78, 5) is 4.27. The molecule has 2 heteroatoms. The standard InChI is InChI=1S/C19H24N2/c1-3-14-13-21-11-10-18(14)19(20-2)17-9-5-8-16(12-17)15-6-4-7-15/h5,8-13,15,19-20H,3-4,6-7H2,1-2H3. The number of pyridine rings is 1. The van der Waals surface area contributed by atoms with Gasteiger partial charge in [-0.25, -0.2) is 0 Å². The molecule has 0 bridgehead atoms. The molecule has 1 N–H and O–H groups in total. The van der Waals surface area contributed by atoms with Gasteiger partial charge in [0, 0.05) is 12.4 Å². The van der Waals surface area contributed by atoms with Crippen LogP contribution in [0.4, 0.5) is 0 Å². The van der Waals surface area contributed by atoms with Crippen molar-refractivity contribution in [2.45, 2.75) is 44.6 Å². The first-order chi connectivity index (χ1) is 10.3. The molecule has 1 unspecified atom stereocenters. The molecule has 1 aromatic heterocycles. The molecule has 3 rings (SSSR count). The quantitative estimate of drug-likeness (QED) is 0.887. The number of hydrogen-bond donors (Lipinski definition) is 1. The molecule has 1 saturated carbocycles. The molecule has 0 radical (unpaired) electrons. The van der Waals surface area contributed by atoms with Crippen molar-refractivity contribution in [3.8, 4) is 0 Å². The first kappa shape index (κ1) is 14.3. The molecule has 0 saturated heterocycles. The molecule has 1 aliphatic rings. The summed E-state index contributed by atoms with van der Waals surface area (Å²) >= 11 is 0. The summed E-state index contributed by atoms with van der Waals surface area (Å²) in [5.74, 6) is 0.783. The second-order valence-electron chi connectivity index (χ2n) is 5.95. The Morgan fingerprint density at radius 1 is 1.29 bits per heavy atom. The Morgan fingerprint density at radius 2 is 2.14 bits per heavy atom. The maximum Gasteiger partial charge on any atom is 0.0578 e. The molecule has 1 atom stereocenters. The largest absolute Gasteiger partial charge is 0.309 e. The zero-order valence-corrected chi connectivity index (χ0v) is 13.0. The van der Waals surface area contributed by atoms with E-state index in [0.717, 1.165) is 12.3 Å². The van der Waals surface area contributed by atoms with Gasteiger partial charge in [0.1, 0.15) is 0 Å². The van der Waals surface area contributed by atoms with Crippen LogP contribution >= 0.6 is 0 Å². The molecule has 2 aromatic rings. The van der Waals surface area contributed by atoms with Gasteiger partial charge in [-0.05, 0) is 60.5 Å². The Bertz CT molecular complexity index is 602. The predicted octanol–water partition coefficient (Wildman–Crippen LogP) is 4.22. The highest BCUT2D eigenvalue weighted by Gasteiger charge is 2.21. The molecular formula is C19H24N2. The Balaban J connectivity index is 1.95. The molecule has 0 amide bonds. The van der Waals surface area contributed by atoms with E-state index in [9.17, 15) is 0 Å². The lowest BCUT2D eigenvalue weighted by Gasteiger charge is -2.27. The van der Waals surface area contributed by atoms with Crippen molar-refractivity contribution in [2.24, 2.45) is 0 Å². The molecule has 110 valence electrons. The van der Waals surface area contributed by atoms with Crippen LogP contribution in [0.15, 0.2) is 42.7 Å². The maximum atomic E-state index is 4.27. The molecule has 0 spiro atoms. The lowest BCUT2D eigenvalue weighted by atomic mass is 9.79. The van der Waals surface area contributed by atoms with Crippen molar-refractivity contribution in [3.63, 3.8) is 0 Å². The lowest BCUT2D eigenvalue weighted by molar-refractivity contribution is 0.419. The minimum atomic E-state index is 0.253. The first-order valence-electron chi connectivity index (χ1n) is 8.03. The Labute approximate surface area is 127 Å². The monoisotopic (exact) mass is 280 g/mol. The van der Waals surface area contributed by atoms with E-state index in [1.165, 1.54) is 41.5 Å². The summed E-state index contributed by atoms with van der Waals surface area (Å²) in [7, 11) is 2.04. The van der Waals surface area contributed by atoms with E-state index in [0.29, 0.717) is 0 Å². The molecule has 1 aliphatic carbocycles. The fourth-order valence-corrected chi connectivity index (χ4v) is 3.25. The summed E-state index contributed by atoms with van der Waals surface area (Å²) in [6.07, 6.45) is 8.99. The lowest BCUT2D eigenvalue weighted by Crippen LogP contribution is -2.20. The third-order valence-electron chi connectivity index (χ3n) is 4.74. The molecule has 1 heterocycles.